The molecule has 1 fully saturated rings. The summed E-state index contributed by atoms with van der Waals surface area (Å²) in [5.41, 5.74) is 0.0295. The molecule has 104 valence electrons. The van der Waals surface area contributed by atoms with Gasteiger partial charge in [-0.3, -0.25) is 10.1 Å². The average molecular weight is 394 g/mol. The summed E-state index contributed by atoms with van der Waals surface area (Å²) in [5.74, 6) is 0.609. The lowest BCUT2D eigenvalue weighted by molar-refractivity contribution is -0.385. The number of benzene rings is 1. The number of ether oxygens (including phenoxy) is 1. The maximum Gasteiger partial charge on any atom is 0.271 e. The number of hydrogen-bond donors (Lipinski definition) is 1. The van der Waals surface area contributed by atoms with Crippen LogP contribution in [0, 0.1) is 10.1 Å². The third-order valence-electron chi connectivity index (χ3n) is 3.04. The molecule has 0 bridgehead atoms. The van der Waals surface area contributed by atoms with E-state index in [9.17, 15) is 10.1 Å². The van der Waals surface area contributed by atoms with E-state index < -0.39 is 4.92 Å². The zero-order valence-corrected chi connectivity index (χ0v) is 13.4. The highest BCUT2D eigenvalue weighted by Gasteiger charge is 2.18. The summed E-state index contributed by atoms with van der Waals surface area (Å²) < 4.78 is 6.94. The van der Waals surface area contributed by atoms with E-state index in [1.165, 1.54) is 25.0 Å². The number of nitrogens with zero attached hydrogens (tertiary/aromatic N) is 1. The Hall–Kier alpha value is -0.660. The zero-order chi connectivity index (χ0) is 13.8. The van der Waals surface area contributed by atoms with E-state index in [0.29, 0.717) is 27.3 Å². The lowest BCUT2D eigenvalue weighted by Gasteiger charge is -2.24. The average Bonchev–Trinajstić information content (AvgIpc) is 2.38. The topological polar surface area (TPSA) is 64.4 Å². The molecule has 0 aromatic heterocycles. The minimum absolute atomic E-state index is 0.0295. The van der Waals surface area contributed by atoms with E-state index in [4.69, 9.17) is 4.74 Å². The van der Waals surface area contributed by atoms with Gasteiger partial charge in [0.2, 0.25) is 0 Å². The standard InChI is InChI=1S/C12H14Br2N2O3/c13-10-5-9(16(17)18)6-11(14)12(10)19-7-8-3-1-2-4-15-8/h5-6,8,15H,1-4,7H2. The summed E-state index contributed by atoms with van der Waals surface area (Å²) in [5, 5.41) is 14.1. The molecule has 1 aromatic carbocycles. The highest BCUT2D eigenvalue weighted by molar-refractivity contribution is 9.11. The van der Waals surface area contributed by atoms with E-state index in [1.54, 1.807) is 0 Å². The Kier molecular flexibility index (Phi) is 5.18. The van der Waals surface area contributed by atoms with Crippen molar-refractivity contribution in [3.63, 3.8) is 0 Å². The van der Waals surface area contributed by atoms with Gasteiger partial charge in [-0.05, 0) is 51.2 Å². The summed E-state index contributed by atoms with van der Waals surface area (Å²) in [6.07, 6.45) is 3.52. The van der Waals surface area contributed by atoms with E-state index in [0.717, 1.165) is 13.0 Å². The van der Waals surface area contributed by atoms with Crippen molar-refractivity contribution in [3.05, 3.63) is 31.2 Å². The van der Waals surface area contributed by atoms with Crippen LogP contribution in [0.25, 0.3) is 0 Å². The number of non-ortho nitro benzene ring substituents is 1. The van der Waals surface area contributed by atoms with Gasteiger partial charge in [0.25, 0.3) is 5.69 Å². The molecular weight excluding hydrogens is 380 g/mol. The van der Waals surface area contributed by atoms with Gasteiger partial charge < -0.3 is 10.1 Å². The largest absolute Gasteiger partial charge is 0.490 e. The number of rotatable bonds is 4. The Morgan fingerprint density at radius 2 is 2.05 bits per heavy atom. The van der Waals surface area contributed by atoms with Crippen molar-refractivity contribution in [2.24, 2.45) is 0 Å². The third kappa shape index (κ3) is 3.90. The Morgan fingerprint density at radius 3 is 2.58 bits per heavy atom. The van der Waals surface area contributed by atoms with Gasteiger partial charge in [-0.15, -0.1) is 0 Å². The van der Waals surface area contributed by atoms with Gasteiger partial charge in [-0.1, -0.05) is 6.42 Å². The second kappa shape index (κ2) is 6.67. The zero-order valence-electron chi connectivity index (χ0n) is 10.2. The van der Waals surface area contributed by atoms with Crippen LogP contribution in [0.2, 0.25) is 0 Å². The number of nitrogens with one attached hydrogen (secondary N) is 1. The number of halogens is 2. The number of hydrogen-bond acceptors (Lipinski definition) is 4. The quantitative estimate of drug-likeness (QED) is 0.626. The normalized spacial score (nSPS) is 19.2. The molecule has 1 atom stereocenters. The van der Waals surface area contributed by atoms with Crippen LogP contribution in [0.1, 0.15) is 19.3 Å². The van der Waals surface area contributed by atoms with Crippen LogP contribution in [-0.2, 0) is 0 Å². The van der Waals surface area contributed by atoms with Crippen LogP contribution in [0.5, 0.6) is 5.75 Å². The van der Waals surface area contributed by atoms with Crippen molar-refractivity contribution in [1.29, 1.82) is 0 Å². The van der Waals surface area contributed by atoms with Crippen molar-refractivity contribution in [3.8, 4) is 5.75 Å². The smallest absolute Gasteiger partial charge is 0.271 e. The van der Waals surface area contributed by atoms with E-state index >= 15 is 0 Å². The Balaban J connectivity index is 2.05. The highest BCUT2D eigenvalue weighted by atomic mass is 79.9. The molecule has 0 aliphatic carbocycles. The van der Waals surface area contributed by atoms with Gasteiger partial charge in [0.15, 0.2) is 0 Å². The molecule has 19 heavy (non-hydrogen) atoms. The maximum atomic E-state index is 10.7. The first-order valence-electron chi connectivity index (χ1n) is 6.07. The second-order valence-electron chi connectivity index (χ2n) is 4.45. The molecule has 1 saturated heterocycles. The van der Waals surface area contributed by atoms with Gasteiger partial charge in [-0.2, -0.15) is 0 Å². The lowest BCUT2D eigenvalue weighted by Crippen LogP contribution is -2.38. The first-order chi connectivity index (χ1) is 9.08. The van der Waals surface area contributed by atoms with Crippen LogP contribution >= 0.6 is 31.9 Å². The van der Waals surface area contributed by atoms with Crippen LogP contribution in [-0.4, -0.2) is 24.1 Å². The summed E-state index contributed by atoms with van der Waals surface area (Å²) in [6.45, 7) is 1.59. The van der Waals surface area contributed by atoms with Crippen LogP contribution < -0.4 is 10.1 Å². The van der Waals surface area contributed by atoms with E-state index in [-0.39, 0.29) is 5.69 Å². The minimum atomic E-state index is -0.429. The number of piperidine rings is 1. The molecule has 5 nitrogen and oxygen atoms in total. The van der Waals surface area contributed by atoms with Crippen LogP contribution in [0.15, 0.2) is 21.1 Å². The minimum Gasteiger partial charge on any atom is -0.490 e. The second-order valence-corrected chi connectivity index (χ2v) is 6.16. The predicted molar refractivity (Wildman–Crippen MR) is 79.6 cm³/mol. The molecule has 1 heterocycles. The Morgan fingerprint density at radius 1 is 1.37 bits per heavy atom. The van der Waals surface area contributed by atoms with Crippen molar-refractivity contribution < 1.29 is 9.66 Å². The molecule has 1 aliphatic heterocycles. The molecule has 1 aromatic rings. The van der Waals surface area contributed by atoms with Gasteiger partial charge in [-0.25, -0.2) is 0 Å². The molecular formula is C12H14Br2N2O3. The molecule has 1 unspecified atom stereocenters. The number of nitro benzene ring substituents is 1. The first-order valence-corrected chi connectivity index (χ1v) is 7.66. The van der Waals surface area contributed by atoms with E-state index in [2.05, 4.69) is 37.2 Å². The lowest BCUT2D eigenvalue weighted by atomic mass is 10.1. The SMILES string of the molecule is O=[N+]([O-])c1cc(Br)c(OCC2CCCCN2)c(Br)c1. The fraction of sp³-hybridized carbons (Fsp3) is 0.500. The predicted octanol–water partition coefficient (Wildman–Crippen LogP) is 3.64. The van der Waals surface area contributed by atoms with Gasteiger partial charge in [0, 0.05) is 18.2 Å². The fourth-order valence-corrected chi connectivity index (χ4v) is 3.43. The summed E-state index contributed by atoms with van der Waals surface area (Å²) in [4.78, 5) is 10.3. The first kappa shape index (κ1) is 14.7. The molecule has 1 N–H and O–H groups in total. The molecule has 0 amide bonds. The maximum absolute atomic E-state index is 10.7. The fourth-order valence-electron chi connectivity index (χ4n) is 2.04. The molecule has 0 radical (unpaired) electrons. The van der Waals surface area contributed by atoms with Crippen molar-refractivity contribution >= 4 is 37.5 Å². The molecule has 0 spiro atoms. The number of nitro groups is 1. The van der Waals surface area contributed by atoms with Crippen LogP contribution in [0.4, 0.5) is 5.69 Å². The van der Waals surface area contributed by atoms with Crippen molar-refractivity contribution in [1.82, 2.24) is 5.32 Å². The van der Waals surface area contributed by atoms with Crippen molar-refractivity contribution in [2.75, 3.05) is 13.2 Å². The molecule has 7 heteroatoms. The molecule has 1 aliphatic rings. The molecule has 2 rings (SSSR count). The van der Waals surface area contributed by atoms with Crippen molar-refractivity contribution in [2.45, 2.75) is 25.3 Å². The highest BCUT2D eigenvalue weighted by Crippen LogP contribution is 2.37. The molecule has 0 saturated carbocycles. The third-order valence-corrected chi connectivity index (χ3v) is 4.21. The van der Waals surface area contributed by atoms with Crippen LogP contribution in [0.3, 0.4) is 0 Å². The van der Waals surface area contributed by atoms with Gasteiger partial charge >= 0.3 is 0 Å². The monoisotopic (exact) mass is 392 g/mol. The summed E-state index contributed by atoms with van der Waals surface area (Å²) in [7, 11) is 0. The Labute approximate surface area is 128 Å². The summed E-state index contributed by atoms with van der Waals surface area (Å²) >= 11 is 6.62. The van der Waals surface area contributed by atoms with Gasteiger partial charge in [0.1, 0.15) is 12.4 Å². The summed E-state index contributed by atoms with van der Waals surface area (Å²) in [6, 6.07) is 3.26. The Bertz CT molecular complexity index is 453. The van der Waals surface area contributed by atoms with E-state index in [1.807, 2.05) is 0 Å². The van der Waals surface area contributed by atoms with Gasteiger partial charge in [0.05, 0.1) is 13.9 Å².